The monoisotopic (exact) mass is 424 g/mol. The molecule has 0 radical (unpaired) electrons. The van der Waals surface area contributed by atoms with Crippen LogP contribution in [0, 0.1) is 28.8 Å². The Hall–Kier alpha value is -3.70. The highest BCUT2D eigenvalue weighted by Crippen LogP contribution is 2.33. The van der Waals surface area contributed by atoms with Crippen LogP contribution >= 0.6 is 0 Å². The van der Waals surface area contributed by atoms with Gasteiger partial charge in [-0.1, -0.05) is 6.07 Å². The Kier molecular flexibility index (Phi) is 4.76. The zero-order chi connectivity index (χ0) is 21.5. The number of nitriles is 1. The standard InChI is InChI=1S/C22H11F3N2O2S/c23-15-4-5-19-20(14-7-16(24)9-17(25)8-14)11-22(27-21(19)10-15)30(28,29)18-3-1-2-13(6-18)12-26/h1-11H. The topological polar surface area (TPSA) is 70.8 Å². The molecule has 30 heavy (non-hydrogen) atoms. The van der Waals surface area contributed by atoms with Crippen LogP contribution in [-0.4, -0.2) is 13.4 Å². The largest absolute Gasteiger partial charge is 0.236 e. The van der Waals surface area contributed by atoms with Crippen molar-refractivity contribution in [2.24, 2.45) is 0 Å². The van der Waals surface area contributed by atoms with Crippen LogP contribution < -0.4 is 0 Å². The zero-order valence-electron chi connectivity index (χ0n) is 15.1. The normalized spacial score (nSPS) is 11.4. The minimum atomic E-state index is -4.20. The van der Waals surface area contributed by atoms with Crippen molar-refractivity contribution in [2.45, 2.75) is 9.92 Å². The third kappa shape index (κ3) is 3.51. The molecule has 1 heterocycles. The lowest BCUT2D eigenvalue weighted by Gasteiger charge is -2.11. The fraction of sp³-hybridized carbons (Fsp3) is 0. The Morgan fingerprint density at radius 2 is 1.57 bits per heavy atom. The Bertz CT molecular complexity index is 1440. The summed E-state index contributed by atoms with van der Waals surface area (Å²) in [6.45, 7) is 0. The summed E-state index contributed by atoms with van der Waals surface area (Å²) in [4.78, 5) is 3.89. The highest BCUT2D eigenvalue weighted by molar-refractivity contribution is 7.91. The van der Waals surface area contributed by atoms with Gasteiger partial charge in [-0.3, -0.25) is 0 Å². The van der Waals surface area contributed by atoms with E-state index in [1.54, 1.807) is 0 Å². The maximum atomic E-state index is 13.8. The van der Waals surface area contributed by atoms with E-state index in [0.717, 1.165) is 24.3 Å². The third-order valence-electron chi connectivity index (χ3n) is 4.47. The predicted molar refractivity (Wildman–Crippen MR) is 104 cm³/mol. The van der Waals surface area contributed by atoms with Gasteiger partial charge in [0.1, 0.15) is 17.5 Å². The second-order valence-corrected chi connectivity index (χ2v) is 8.37. The summed E-state index contributed by atoms with van der Waals surface area (Å²) in [5.41, 5.74) is 0.393. The van der Waals surface area contributed by atoms with Crippen LogP contribution in [-0.2, 0) is 9.84 Å². The van der Waals surface area contributed by atoms with Gasteiger partial charge in [-0.15, -0.1) is 0 Å². The average Bonchev–Trinajstić information content (AvgIpc) is 2.72. The van der Waals surface area contributed by atoms with Gasteiger partial charge in [0.15, 0.2) is 5.03 Å². The Morgan fingerprint density at radius 3 is 2.27 bits per heavy atom. The van der Waals surface area contributed by atoms with Crippen molar-refractivity contribution in [1.82, 2.24) is 4.98 Å². The van der Waals surface area contributed by atoms with Crippen LogP contribution in [0.1, 0.15) is 5.56 Å². The number of hydrogen-bond donors (Lipinski definition) is 0. The van der Waals surface area contributed by atoms with E-state index >= 15 is 0 Å². The molecule has 0 bridgehead atoms. The maximum Gasteiger partial charge on any atom is 0.223 e. The van der Waals surface area contributed by atoms with Crippen LogP contribution in [0.4, 0.5) is 13.2 Å². The molecule has 8 heteroatoms. The molecule has 0 unspecified atom stereocenters. The van der Waals surface area contributed by atoms with Crippen molar-refractivity contribution in [2.75, 3.05) is 0 Å². The molecule has 0 saturated heterocycles. The van der Waals surface area contributed by atoms with Crippen molar-refractivity contribution in [3.63, 3.8) is 0 Å². The van der Waals surface area contributed by atoms with Crippen molar-refractivity contribution in [3.05, 3.63) is 89.7 Å². The first-order valence-corrected chi connectivity index (χ1v) is 10.1. The summed E-state index contributed by atoms with van der Waals surface area (Å²) in [5, 5.41) is 8.93. The van der Waals surface area contributed by atoms with E-state index in [0.29, 0.717) is 11.5 Å². The van der Waals surface area contributed by atoms with Gasteiger partial charge in [0.2, 0.25) is 9.84 Å². The molecule has 0 saturated carbocycles. The third-order valence-corrected chi connectivity index (χ3v) is 6.11. The van der Waals surface area contributed by atoms with Crippen LogP contribution in [0.3, 0.4) is 0 Å². The molecule has 4 aromatic rings. The van der Waals surface area contributed by atoms with Gasteiger partial charge in [-0.25, -0.2) is 26.6 Å². The molecule has 0 amide bonds. The van der Waals surface area contributed by atoms with E-state index in [1.165, 1.54) is 36.4 Å². The van der Waals surface area contributed by atoms with Gasteiger partial charge in [0.05, 0.1) is 22.0 Å². The molecule has 0 spiro atoms. The first-order chi connectivity index (χ1) is 14.3. The highest BCUT2D eigenvalue weighted by Gasteiger charge is 2.23. The summed E-state index contributed by atoms with van der Waals surface area (Å²) in [6.07, 6.45) is 0. The number of pyridine rings is 1. The zero-order valence-corrected chi connectivity index (χ0v) is 15.9. The van der Waals surface area contributed by atoms with Crippen molar-refractivity contribution >= 4 is 20.7 Å². The van der Waals surface area contributed by atoms with E-state index < -0.39 is 32.3 Å². The number of fused-ring (bicyclic) bond motifs is 1. The van der Waals surface area contributed by atoms with E-state index in [-0.39, 0.29) is 27.1 Å². The minimum Gasteiger partial charge on any atom is -0.236 e. The first-order valence-electron chi connectivity index (χ1n) is 8.60. The molecular weight excluding hydrogens is 413 g/mol. The van der Waals surface area contributed by atoms with Crippen LogP contribution in [0.25, 0.3) is 22.0 Å². The molecule has 4 rings (SSSR count). The molecular formula is C22H11F3N2O2S. The smallest absolute Gasteiger partial charge is 0.223 e. The molecule has 3 aromatic carbocycles. The first kappa shape index (κ1) is 19.6. The molecule has 0 aliphatic rings. The fourth-order valence-corrected chi connectivity index (χ4v) is 4.39. The molecule has 0 fully saturated rings. The summed E-state index contributed by atoms with van der Waals surface area (Å²) in [7, 11) is -4.20. The number of halogens is 3. The molecule has 0 aliphatic heterocycles. The van der Waals surface area contributed by atoms with E-state index in [9.17, 15) is 21.6 Å². The molecule has 1 aromatic heterocycles. The summed E-state index contributed by atoms with van der Waals surface area (Å²) in [5.74, 6) is -2.33. The summed E-state index contributed by atoms with van der Waals surface area (Å²) < 4.78 is 67.7. The molecule has 148 valence electrons. The lowest BCUT2D eigenvalue weighted by Crippen LogP contribution is -2.06. The lowest BCUT2D eigenvalue weighted by molar-refractivity contribution is 0.584. The van der Waals surface area contributed by atoms with Crippen LogP contribution in [0.5, 0.6) is 0 Å². The Morgan fingerprint density at radius 1 is 0.833 bits per heavy atom. The fourth-order valence-electron chi connectivity index (χ4n) is 3.12. The second kappa shape index (κ2) is 7.28. The summed E-state index contributed by atoms with van der Waals surface area (Å²) >= 11 is 0. The summed E-state index contributed by atoms with van der Waals surface area (Å²) in [6, 6.07) is 14.7. The quantitative estimate of drug-likeness (QED) is 0.463. The van der Waals surface area contributed by atoms with Gasteiger partial charge >= 0.3 is 0 Å². The van der Waals surface area contributed by atoms with Crippen molar-refractivity contribution in [1.29, 1.82) is 5.26 Å². The van der Waals surface area contributed by atoms with Gasteiger partial charge in [0, 0.05) is 17.5 Å². The highest BCUT2D eigenvalue weighted by atomic mass is 32.2. The predicted octanol–water partition coefficient (Wildman–Crippen LogP) is 5.02. The van der Waals surface area contributed by atoms with Crippen molar-refractivity contribution in [3.8, 4) is 17.2 Å². The van der Waals surface area contributed by atoms with Crippen LogP contribution in [0.2, 0.25) is 0 Å². The van der Waals surface area contributed by atoms with Gasteiger partial charge in [-0.05, 0) is 59.7 Å². The van der Waals surface area contributed by atoms with E-state index in [2.05, 4.69) is 4.98 Å². The molecule has 0 atom stereocenters. The number of benzene rings is 3. The number of aromatic nitrogens is 1. The van der Waals surface area contributed by atoms with E-state index in [1.807, 2.05) is 6.07 Å². The molecule has 0 aliphatic carbocycles. The van der Waals surface area contributed by atoms with Crippen LogP contribution in [0.15, 0.2) is 76.7 Å². The van der Waals surface area contributed by atoms with Gasteiger partial charge in [0.25, 0.3) is 0 Å². The minimum absolute atomic E-state index is 0.00665. The lowest BCUT2D eigenvalue weighted by atomic mass is 10.0. The Labute approximate surface area is 169 Å². The number of sulfone groups is 1. The van der Waals surface area contributed by atoms with Gasteiger partial charge in [-0.2, -0.15) is 5.26 Å². The number of hydrogen-bond acceptors (Lipinski definition) is 4. The maximum absolute atomic E-state index is 13.8. The molecule has 4 nitrogen and oxygen atoms in total. The number of rotatable bonds is 3. The Balaban J connectivity index is 2.03. The average molecular weight is 424 g/mol. The van der Waals surface area contributed by atoms with Crippen molar-refractivity contribution < 1.29 is 21.6 Å². The molecule has 0 N–H and O–H groups in total. The second-order valence-electron chi connectivity index (χ2n) is 6.47. The van der Waals surface area contributed by atoms with E-state index in [4.69, 9.17) is 5.26 Å². The SMILES string of the molecule is N#Cc1cccc(S(=O)(=O)c2cc(-c3cc(F)cc(F)c3)c3ccc(F)cc3n2)c1. The van der Waals surface area contributed by atoms with Gasteiger partial charge < -0.3 is 0 Å². The number of nitrogens with zero attached hydrogens (tertiary/aromatic N) is 2.